The predicted molar refractivity (Wildman–Crippen MR) is 91.0 cm³/mol. The molecule has 1 aliphatic rings. The van der Waals surface area contributed by atoms with Crippen molar-refractivity contribution in [2.75, 3.05) is 5.32 Å². The SMILES string of the molecule is NC(=O)c1c(Cl)cccc1NC(=O)CC1(CC(=O)O)CCCCC1. The average molecular weight is 353 g/mol. The Morgan fingerprint density at radius 2 is 1.83 bits per heavy atom. The lowest BCUT2D eigenvalue weighted by Crippen LogP contribution is -2.32. The van der Waals surface area contributed by atoms with Gasteiger partial charge >= 0.3 is 5.97 Å². The van der Waals surface area contributed by atoms with E-state index in [0.29, 0.717) is 12.8 Å². The number of carboxylic acids is 1. The number of rotatable bonds is 6. The highest BCUT2D eigenvalue weighted by Crippen LogP contribution is 2.42. The highest BCUT2D eigenvalue weighted by molar-refractivity contribution is 6.34. The van der Waals surface area contributed by atoms with Crippen molar-refractivity contribution in [1.82, 2.24) is 0 Å². The zero-order chi connectivity index (χ0) is 17.7. The van der Waals surface area contributed by atoms with Gasteiger partial charge in [-0.1, -0.05) is 36.9 Å². The van der Waals surface area contributed by atoms with E-state index in [1.54, 1.807) is 12.1 Å². The minimum Gasteiger partial charge on any atom is -0.481 e. The minimum atomic E-state index is -0.898. The normalized spacial score (nSPS) is 16.4. The monoisotopic (exact) mass is 352 g/mol. The third-order valence-corrected chi connectivity index (χ3v) is 4.83. The fourth-order valence-corrected chi connectivity index (χ4v) is 3.72. The van der Waals surface area contributed by atoms with E-state index in [1.165, 1.54) is 6.07 Å². The van der Waals surface area contributed by atoms with Gasteiger partial charge in [0, 0.05) is 6.42 Å². The molecule has 0 radical (unpaired) electrons. The van der Waals surface area contributed by atoms with E-state index in [9.17, 15) is 19.5 Å². The van der Waals surface area contributed by atoms with E-state index in [0.717, 1.165) is 19.3 Å². The summed E-state index contributed by atoms with van der Waals surface area (Å²) >= 11 is 5.97. The van der Waals surface area contributed by atoms with E-state index in [2.05, 4.69) is 5.32 Å². The zero-order valence-corrected chi connectivity index (χ0v) is 14.1. The molecule has 0 aromatic heterocycles. The molecule has 1 saturated carbocycles. The number of nitrogens with two attached hydrogens (primary N) is 1. The summed E-state index contributed by atoms with van der Waals surface area (Å²) in [7, 11) is 0. The molecule has 1 fully saturated rings. The Balaban J connectivity index is 2.16. The molecule has 0 spiro atoms. The molecule has 1 aliphatic carbocycles. The molecule has 2 amide bonds. The summed E-state index contributed by atoms with van der Waals surface area (Å²) in [6.45, 7) is 0. The summed E-state index contributed by atoms with van der Waals surface area (Å²) in [6.07, 6.45) is 4.40. The fraction of sp³-hybridized carbons (Fsp3) is 0.471. The van der Waals surface area contributed by atoms with Gasteiger partial charge in [0.25, 0.3) is 5.91 Å². The number of halogens is 1. The van der Waals surface area contributed by atoms with E-state index in [1.807, 2.05) is 0 Å². The quantitative estimate of drug-likeness (QED) is 0.730. The number of carbonyl (C=O) groups excluding carboxylic acids is 2. The summed E-state index contributed by atoms with van der Waals surface area (Å²) in [6, 6.07) is 4.68. The standard InChI is InChI=1S/C17H21ClN2O4/c18-11-5-4-6-12(15(11)16(19)24)20-13(21)9-17(10-14(22)23)7-2-1-3-8-17/h4-6H,1-3,7-10H2,(H2,19,24)(H,20,21)(H,22,23). The number of carbonyl (C=O) groups is 3. The van der Waals surface area contributed by atoms with Crippen LogP contribution in [0.1, 0.15) is 55.3 Å². The van der Waals surface area contributed by atoms with Gasteiger partial charge in [0.05, 0.1) is 22.7 Å². The molecular formula is C17H21ClN2O4. The first-order chi connectivity index (χ1) is 11.3. The summed E-state index contributed by atoms with van der Waals surface area (Å²) in [5.41, 5.74) is 5.10. The molecule has 4 N–H and O–H groups in total. The van der Waals surface area contributed by atoms with Gasteiger partial charge in [-0.3, -0.25) is 14.4 Å². The van der Waals surface area contributed by atoms with E-state index in [-0.39, 0.29) is 35.0 Å². The number of carboxylic acid groups (broad SMARTS) is 1. The smallest absolute Gasteiger partial charge is 0.303 e. The second-order valence-corrected chi connectivity index (χ2v) is 6.79. The molecule has 0 atom stereocenters. The largest absolute Gasteiger partial charge is 0.481 e. The summed E-state index contributed by atoms with van der Waals surface area (Å²) in [5, 5.41) is 12.0. The molecule has 1 aromatic carbocycles. The molecule has 7 heteroatoms. The molecule has 2 rings (SSSR count). The van der Waals surface area contributed by atoms with Crippen molar-refractivity contribution < 1.29 is 19.5 Å². The minimum absolute atomic E-state index is 0.0291. The van der Waals surface area contributed by atoms with Crippen molar-refractivity contribution in [1.29, 1.82) is 0 Å². The van der Waals surface area contributed by atoms with Crippen LogP contribution in [0.2, 0.25) is 5.02 Å². The number of hydrogen-bond donors (Lipinski definition) is 3. The van der Waals surface area contributed by atoms with Crippen LogP contribution < -0.4 is 11.1 Å². The Labute approximate surface area is 145 Å². The number of amides is 2. The molecule has 0 aliphatic heterocycles. The molecule has 130 valence electrons. The summed E-state index contributed by atoms with van der Waals surface area (Å²) < 4.78 is 0. The maximum atomic E-state index is 12.5. The molecule has 0 heterocycles. The molecule has 0 bridgehead atoms. The van der Waals surface area contributed by atoms with Crippen molar-refractivity contribution >= 4 is 35.1 Å². The number of anilines is 1. The lowest BCUT2D eigenvalue weighted by atomic mass is 9.69. The van der Waals surface area contributed by atoms with Crippen LogP contribution >= 0.6 is 11.6 Å². The van der Waals surface area contributed by atoms with Crippen molar-refractivity contribution in [3.63, 3.8) is 0 Å². The fourth-order valence-electron chi connectivity index (χ4n) is 3.45. The van der Waals surface area contributed by atoms with Gasteiger partial charge in [-0.15, -0.1) is 0 Å². The van der Waals surface area contributed by atoms with Crippen LogP contribution in [0.5, 0.6) is 0 Å². The summed E-state index contributed by atoms with van der Waals surface area (Å²) in [5.74, 6) is -1.96. The van der Waals surface area contributed by atoms with Crippen molar-refractivity contribution in [3.05, 3.63) is 28.8 Å². The Hall–Kier alpha value is -2.08. The first kappa shape index (κ1) is 18.3. The van der Waals surface area contributed by atoms with Gasteiger partial charge in [0.2, 0.25) is 5.91 Å². The Kier molecular flexibility index (Phi) is 5.83. The zero-order valence-electron chi connectivity index (χ0n) is 13.3. The third kappa shape index (κ3) is 4.47. The van der Waals surface area contributed by atoms with Gasteiger partial charge in [-0.25, -0.2) is 0 Å². The first-order valence-corrected chi connectivity index (χ1v) is 8.31. The first-order valence-electron chi connectivity index (χ1n) is 7.93. The Bertz CT molecular complexity index is 654. The van der Waals surface area contributed by atoms with Crippen molar-refractivity contribution in [3.8, 4) is 0 Å². The van der Waals surface area contributed by atoms with Gasteiger partial charge in [0.1, 0.15) is 0 Å². The van der Waals surface area contributed by atoms with Crippen LogP contribution in [-0.4, -0.2) is 22.9 Å². The van der Waals surface area contributed by atoms with Crippen LogP contribution in [0.15, 0.2) is 18.2 Å². The van der Waals surface area contributed by atoms with Crippen molar-refractivity contribution in [2.45, 2.75) is 44.9 Å². The lowest BCUT2D eigenvalue weighted by Gasteiger charge is -2.35. The maximum Gasteiger partial charge on any atom is 0.303 e. The van der Waals surface area contributed by atoms with Gasteiger partial charge in [-0.2, -0.15) is 0 Å². The lowest BCUT2D eigenvalue weighted by molar-refractivity contribution is -0.140. The third-order valence-electron chi connectivity index (χ3n) is 4.51. The number of hydrogen-bond acceptors (Lipinski definition) is 3. The number of nitrogens with one attached hydrogen (secondary N) is 1. The van der Waals surface area contributed by atoms with Crippen LogP contribution in [0.25, 0.3) is 0 Å². The van der Waals surface area contributed by atoms with E-state index in [4.69, 9.17) is 17.3 Å². The van der Waals surface area contributed by atoms with Crippen LogP contribution in [0.4, 0.5) is 5.69 Å². The molecule has 1 aromatic rings. The Morgan fingerprint density at radius 3 is 2.42 bits per heavy atom. The second-order valence-electron chi connectivity index (χ2n) is 6.38. The molecule has 24 heavy (non-hydrogen) atoms. The highest BCUT2D eigenvalue weighted by atomic mass is 35.5. The van der Waals surface area contributed by atoms with E-state index < -0.39 is 17.3 Å². The second kappa shape index (κ2) is 7.66. The number of primary amides is 1. The molecule has 6 nitrogen and oxygen atoms in total. The highest BCUT2D eigenvalue weighted by Gasteiger charge is 2.36. The van der Waals surface area contributed by atoms with E-state index >= 15 is 0 Å². The summed E-state index contributed by atoms with van der Waals surface area (Å²) in [4.78, 5) is 35.2. The Morgan fingerprint density at radius 1 is 1.17 bits per heavy atom. The maximum absolute atomic E-state index is 12.5. The van der Waals surface area contributed by atoms with Crippen LogP contribution in [0.3, 0.4) is 0 Å². The van der Waals surface area contributed by atoms with Gasteiger partial charge in [0.15, 0.2) is 0 Å². The topological polar surface area (TPSA) is 109 Å². The van der Waals surface area contributed by atoms with Gasteiger partial charge < -0.3 is 16.2 Å². The molecular weight excluding hydrogens is 332 g/mol. The predicted octanol–water partition coefficient (Wildman–Crippen LogP) is 3.19. The average Bonchev–Trinajstić information content (AvgIpc) is 2.46. The molecule has 0 unspecified atom stereocenters. The van der Waals surface area contributed by atoms with Crippen LogP contribution in [-0.2, 0) is 9.59 Å². The van der Waals surface area contributed by atoms with Gasteiger partial charge in [-0.05, 0) is 30.4 Å². The number of aliphatic carboxylic acids is 1. The van der Waals surface area contributed by atoms with Crippen molar-refractivity contribution in [2.24, 2.45) is 11.1 Å². The van der Waals surface area contributed by atoms with Crippen LogP contribution in [0, 0.1) is 5.41 Å². The molecule has 0 saturated heterocycles. The number of benzene rings is 1.